The van der Waals surface area contributed by atoms with Crippen LogP contribution in [0.1, 0.15) is 316 Å². The minimum absolute atomic E-state index is 0.111. The van der Waals surface area contributed by atoms with Gasteiger partial charge in [0, 0.05) is 6.42 Å². The summed E-state index contributed by atoms with van der Waals surface area (Å²) in [6, 6.07) is 0. The third kappa shape index (κ3) is 54.7. The van der Waals surface area contributed by atoms with Gasteiger partial charge in [-0.25, -0.2) is 0 Å². The summed E-state index contributed by atoms with van der Waals surface area (Å²) in [5, 5.41) is 18.1. The molecule has 0 radical (unpaired) electrons. The van der Waals surface area contributed by atoms with Crippen LogP contribution in [-0.4, -0.2) is 22.2 Å². The zero-order chi connectivity index (χ0) is 42.7. The van der Waals surface area contributed by atoms with Crippen molar-refractivity contribution in [1.82, 2.24) is 0 Å². The standard InChI is InChI=1S/C32H62O2.C22H44O2/c1-3-5-7-9-11-13-15-17-18-20-22-24-26-28-30-31(32(33)34)29-27-25-23-21-19-16-14-12-10-8-6-4-2;1-2-3-4-5-6-7-8-9-10-11-12-13-14-15-16-17-18-19-20-21-22(23)24/h17-18,31H,3-16,19-30H2,1-2H3,(H,33,34);2-21H2,1H3,(H,23,24)/b18-17-;. The highest BCUT2D eigenvalue weighted by atomic mass is 16.4. The highest BCUT2D eigenvalue weighted by Crippen LogP contribution is 2.20. The van der Waals surface area contributed by atoms with Crippen molar-refractivity contribution in [3.8, 4) is 0 Å². The van der Waals surface area contributed by atoms with Gasteiger partial charge >= 0.3 is 11.9 Å². The van der Waals surface area contributed by atoms with Crippen molar-refractivity contribution in [1.29, 1.82) is 0 Å². The molecule has 0 saturated carbocycles. The number of aliphatic carboxylic acids is 2. The molecule has 4 heteroatoms. The first kappa shape index (κ1) is 58.8. The molecule has 0 amide bonds. The van der Waals surface area contributed by atoms with Gasteiger partial charge in [-0.15, -0.1) is 0 Å². The Bertz CT molecular complexity index is 807. The number of rotatable bonds is 48. The Labute approximate surface area is 364 Å². The van der Waals surface area contributed by atoms with Crippen molar-refractivity contribution in [2.24, 2.45) is 5.92 Å². The molecule has 0 aliphatic rings. The lowest BCUT2D eigenvalue weighted by atomic mass is 9.94. The Hall–Kier alpha value is -1.32. The summed E-state index contributed by atoms with van der Waals surface area (Å²) in [6.07, 6.45) is 64.1. The molecule has 0 rings (SSSR count). The van der Waals surface area contributed by atoms with Gasteiger partial charge in [0.15, 0.2) is 0 Å². The lowest BCUT2D eigenvalue weighted by Crippen LogP contribution is -2.13. The van der Waals surface area contributed by atoms with E-state index in [1.165, 1.54) is 250 Å². The second kappa shape index (κ2) is 53.7. The number of unbranched alkanes of at least 4 members (excludes halogenated alkanes) is 39. The monoisotopic (exact) mass is 819 g/mol. The summed E-state index contributed by atoms with van der Waals surface area (Å²) < 4.78 is 0. The van der Waals surface area contributed by atoms with Gasteiger partial charge in [0.2, 0.25) is 0 Å². The summed E-state index contributed by atoms with van der Waals surface area (Å²) in [5.41, 5.74) is 0. The van der Waals surface area contributed by atoms with Crippen LogP contribution in [0.4, 0.5) is 0 Å². The maximum Gasteiger partial charge on any atom is 0.306 e. The van der Waals surface area contributed by atoms with E-state index in [4.69, 9.17) is 5.11 Å². The zero-order valence-corrected chi connectivity index (χ0v) is 40.0. The van der Waals surface area contributed by atoms with Crippen LogP contribution in [0.3, 0.4) is 0 Å². The van der Waals surface area contributed by atoms with Crippen LogP contribution in [0.5, 0.6) is 0 Å². The summed E-state index contributed by atoms with van der Waals surface area (Å²) in [5.74, 6) is -1.33. The number of carboxylic acid groups (broad SMARTS) is 2. The molecule has 0 aromatic carbocycles. The van der Waals surface area contributed by atoms with E-state index in [0.717, 1.165) is 38.5 Å². The molecule has 0 fully saturated rings. The van der Waals surface area contributed by atoms with E-state index in [-0.39, 0.29) is 5.92 Å². The maximum absolute atomic E-state index is 11.6. The zero-order valence-electron chi connectivity index (χ0n) is 40.0. The van der Waals surface area contributed by atoms with Crippen LogP contribution in [0.2, 0.25) is 0 Å². The molecule has 2 N–H and O–H groups in total. The number of allylic oxidation sites excluding steroid dienone is 2. The average molecular weight is 819 g/mol. The maximum atomic E-state index is 11.6. The lowest BCUT2D eigenvalue weighted by Gasteiger charge is -2.12. The second-order valence-electron chi connectivity index (χ2n) is 18.2. The van der Waals surface area contributed by atoms with Crippen molar-refractivity contribution in [3.63, 3.8) is 0 Å². The first-order valence-electron chi connectivity index (χ1n) is 26.6. The van der Waals surface area contributed by atoms with E-state index in [0.29, 0.717) is 6.42 Å². The lowest BCUT2D eigenvalue weighted by molar-refractivity contribution is -0.142. The van der Waals surface area contributed by atoms with Gasteiger partial charge in [0.25, 0.3) is 0 Å². The van der Waals surface area contributed by atoms with Gasteiger partial charge in [0.05, 0.1) is 5.92 Å². The number of carbonyl (C=O) groups is 2. The van der Waals surface area contributed by atoms with E-state index in [9.17, 15) is 14.7 Å². The predicted octanol–water partition coefficient (Wildman–Crippen LogP) is 19.3. The fourth-order valence-electron chi connectivity index (χ4n) is 8.26. The molecule has 0 bridgehead atoms. The topological polar surface area (TPSA) is 74.6 Å². The Morgan fingerprint density at radius 1 is 0.328 bits per heavy atom. The molecular formula is C54H106O4. The molecule has 58 heavy (non-hydrogen) atoms. The highest BCUT2D eigenvalue weighted by molar-refractivity contribution is 5.69. The molecule has 0 aliphatic carbocycles. The minimum atomic E-state index is -0.651. The van der Waals surface area contributed by atoms with Crippen molar-refractivity contribution in [2.45, 2.75) is 316 Å². The molecule has 0 heterocycles. The van der Waals surface area contributed by atoms with Gasteiger partial charge in [-0.1, -0.05) is 277 Å². The van der Waals surface area contributed by atoms with Gasteiger partial charge in [-0.2, -0.15) is 0 Å². The highest BCUT2D eigenvalue weighted by Gasteiger charge is 2.16. The minimum Gasteiger partial charge on any atom is -0.481 e. The fraction of sp³-hybridized carbons (Fsp3) is 0.926. The van der Waals surface area contributed by atoms with Gasteiger partial charge in [0.1, 0.15) is 0 Å². The SMILES string of the molecule is CCCCCCCC/C=C\CCCCCCC(CCCCCCCCCCCCCC)C(=O)O.CCCCCCCCCCCCCCCCCCCCCC(=O)O. The first-order valence-corrected chi connectivity index (χ1v) is 26.6. The first-order chi connectivity index (χ1) is 28.5. The Morgan fingerprint density at radius 2 is 0.552 bits per heavy atom. The van der Waals surface area contributed by atoms with Gasteiger partial charge < -0.3 is 10.2 Å². The molecular weight excluding hydrogens is 713 g/mol. The molecule has 1 atom stereocenters. The van der Waals surface area contributed by atoms with Crippen LogP contribution in [0.25, 0.3) is 0 Å². The van der Waals surface area contributed by atoms with Crippen LogP contribution in [-0.2, 0) is 9.59 Å². The van der Waals surface area contributed by atoms with Crippen molar-refractivity contribution < 1.29 is 19.8 Å². The molecule has 1 unspecified atom stereocenters. The predicted molar refractivity (Wildman–Crippen MR) is 257 cm³/mol. The molecule has 4 nitrogen and oxygen atoms in total. The molecule has 0 saturated heterocycles. The largest absolute Gasteiger partial charge is 0.481 e. The average Bonchev–Trinajstić information content (AvgIpc) is 3.21. The van der Waals surface area contributed by atoms with E-state index in [1.807, 2.05) is 0 Å². The Balaban J connectivity index is 0. The summed E-state index contributed by atoms with van der Waals surface area (Å²) in [7, 11) is 0. The number of carboxylic acids is 2. The number of hydrogen-bond donors (Lipinski definition) is 2. The Kier molecular flexibility index (Phi) is 54.4. The van der Waals surface area contributed by atoms with Crippen molar-refractivity contribution >= 4 is 11.9 Å². The summed E-state index contributed by atoms with van der Waals surface area (Å²) in [6.45, 7) is 6.83. The third-order valence-electron chi connectivity index (χ3n) is 12.3. The van der Waals surface area contributed by atoms with Gasteiger partial charge in [-0.3, -0.25) is 9.59 Å². The summed E-state index contributed by atoms with van der Waals surface area (Å²) >= 11 is 0. The summed E-state index contributed by atoms with van der Waals surface area (Å²) in [4.78, 5) is 22.0. The second-order valence-corrected chi connectivity index (χ2v) is 18.2. The van der Waals surface area contributed by atoms with Crippen LogP contribution in [0.15, 0.2) is 12.2 Å². The van der Waals surface area contributed by atoms with Gasteiger partial charge in [-0.05, 0) is 44.9 Å². The quantitative estimate of drug-likeness (QED) is 0.0474. The molecule has 0 aromatic heterocycles. The van der Waals surface area contributed by atoms with E-state index in [2.05, 4.69) is 32.9 Å². The molecule has 0 spiro atoms. The molecule has 0 aromatic rings. The smallest absolute Gasteiger partial charge is 0.306 e. The van der Waals surface area contributed by atoms with Crippen LogP contribution < -0.4 is 0 Å². The normalized spacial score (nSPS) is 11.9. The third-order valence-corrected chi connectivity index (χ3v) is 12.3. The molecule has 0 aliphatic heterocycles. The van der Waals surface area contributed by atoms with Crippen LogP contribution >= 0.6 is 0 Å². The fourth-order valence-corrected chi connectivity index (χ4v) is 8.26. The number of hydrogen-bond acceptors (Lipinski definition) is 2. The van der Waals surface area contributed by atoms with E-state index in [1.54, 1.807) is 0 Å². The molecule has 346 valence electrons. The van der Waals surface area contributed by atoms with Crippen molar-refractivity contribution in [3.05, 3.63) is 12.2 Å². The Morgan fingerprint density at radius 3 is 0.793 bits per heavy atom. The van der Waals surface area contributed by atoms with Crippen molar-refractivity contribution in [2.75, 3.05) is 0 Å². The van der Waals surface area contributed by atoms with E-state index >= 15 is 0 Å². The van der Waals surface area contributed by atoms with Crippen LogP contribution in [0, 0.1) is 5.92 Å². The van der Waals surface area contributed by atoms with E-state index < -0.39 is 11.9 Å².